The van der Waals surface area contributed by atoms with Gasteiger partial charge in [0.05, 0.1) is 16.7 Å². The van der Waals surface area contributed by atoms with Crippen molar-refractivity contribution in [2.45, 2.75) is 0 Å². The van der Waals surface area contributed by atoms with E-state index in [-0.39, 0.29) is 0 Å². The summed E-state index contributed by atoms with van der Waals surface area (Å²) in [7, 11) is 0. The van der Waals surface area contributed by atoms with Gasteiger partial charge in [-0.2, -0.15) is 0 Å². The molecule has 5 heterocycles. The van der Waals surface area contributed by atoms with Crippen molar-refractivity contribution in [3.8, 4) is 28.3 Å². The molecule has 0 saturated carbocycles. The molecule has 0 aliphatic rings. The Bertz CT molecular complexity index is 3950. The molecule has 0 bridgehead atoms. The molecule has 0 aliphatic carbocycles. The van der Waals surface area contributed by atoms with E-state index in [2.05, 4.69) is 150 Å². The van der Waals surface area contributed by atoms with Crippen LogP contribution in [0.15, 0.2) is 173 Å². The number of rotatable bonds is 3. The zero-order chi connectivity index (χ0) is 37.6. The minimum atomic E-state index is 0.660. The fraction of sp³-hybridized carbons (Fsp3) is 0. The first kappa shape index (κ1) is 30.7. The molecule has 5 aromatic heterocycles. The summed E-state index contributed by atoms with van der Waals surface area (Å²) >= 11 is 1.81. The van der Waals surface area contributed by atoms with Crippen LogP contribution in [0.2, 0.25) is 0 Å². The highest BCUT2D eigenvalue weighted by Gasteiger charge is 2.24. The lowest BCUT2D eigenvalue weighted by Gasteiger charge is -2.15. The van der Waals surface area contributed by atoms with Gasteiger partial charge in [0.1, 0.15) is 28.0 Å². The van der Waals surface area contributed by atoms with Gasteiger partial charge in [-0.05, 0) is 76.8 Å². The SMILES string of the molecule is c1ccc2c(c1)oc1c(-c3ccc4c(c3)sc3ccccc34)nc(-c3ccc(-n4c5ccc6cccc7oc8cccc9ccc4c(c98)c5c67)c4ccccc34)nc12. The number of para-hydroxylation sites is 1. The summed E-state index contributed by atoms with van der Waals surface area (Å²) in [4.78, 5) is 10.7. The lowest BCUT2D eigenvalue weighted by atomic mass is 10.00. The van der Waals surface area contributed by atoms with Crippen molar-refractivity contribution >= 4 is 119 Å². The number of thiophene rings is 1. The van der Waals surface area contributed by atoms with E-state index in [4.69, 9.17) is 18.8 Å². The third-order valence-electron chi connectivity index (χ3n) is 12.2. The highest BCUT2D eigenvalue weighted by atomic mass is 32.1. The summed E-state index contributed by atoms with van der Waals surface area (Å²) in [5, 5.41) is 12.7. The molecule has 14 aromatic rings. The Balaban J connectivity index is 1.05. The first-order valence-electron chi connectivity index (χ1n) is 19.5. The molecule has 0 amide bonds. The number of furan rings is 1. The Morgan fingerprint density at radius 3 is 1.88 bits per heavy atom. The molecule has 9 aromatic carbocycles. The van der Waals surface area contributed by atoms with Gasteiger partial charge >= 0.3 is 0 Å². The molecule has 58 heavy (non-hydrogen) atoms. The molecular weight excluding hydrogens is 731 g/mol. The van der Waals surface area contributed by atoms with Crippen molar-refractivity contribution in [1.29, 1.82) is 0 Å². The van der Waals surface area contributed by atoms with Crippen molar-refractivity contribution in [2.24, 2.45) is 0 Å². The van der Waals surface area contributed by atoms with Crippen LogP contribution in [-0.2, 0) is 0 Å². The monoisotopic (exact) mass is 757 g/mol. The van der Waals surface area contributed by atoms with Crippen LogP contribution < -0.4 is 0 Å². The standard InChI is InChI=1S/C52H27N3O2S/c1-2-12-32-31(11-1)35(23-26-37(32)55-38-24-20-28-9-7-16-41-45(28)47(38)48-39(55)25-21-29-10-8-17-42(56-41)46(29)48)52-53-49(51-50(54-52)36-14-3-5-15-40(36)57-51)30-19-22-34-33-13-4-6-18-43(33)58-44(34)27-30/h1-27H. The number of aromatic nitrogens is 3. The van der Waals surface area contributed by atoms with E-state index >= 15 is 0 Å². The fourth-order valence-electron chi connectivity index (χ4n) is 9.68. The number of nitrogens with zero attached hydrogens (tertiary/aromatic N) is 3. The highest BCUT2D eigenvalue weighted by molar-refractivity contribution is 7.25. The van der Waals surface area contributed by atoms with Crippen LogP contribution in [0.5, 0.6) is 0 Å². The van der Waals surface area contributed by atoms with Crippen LogP contribution in [0.4, 0.5) is 0 Å². The van der Waals surface area contributed by atoms with Gasteiger partial charge < -0.3 is 13.4 Å². The summed E-state index contributed by atoms with van der Waals surface area (Å²) < 4.78 is 18.2. The van der Waals surface area contributed by atoms with Crippen LogP contribution >= 0.6 is 11.3 Å². The highest BCUT2D eigenvalue weighted by Crippen LogP contribution is 2.46. The van der Waals surface area contributed by atoms with Crippen LogP contribution in [0.3, 0.4) is 0 Å². The van der Waals surface area contributed by atoms with E-state index in [1.807, 2.05) is 18.2 Å². The van der Waals surface area contributed by atoms with Crippen LogP contribution in [0.1, 0.15) is 0 Å². The molecule has 0 N–H and O–H groups in total. The number of hydrogen-bond donors (Lipinski definition) is 0. The minimum Gasteiger partial charge on any atom is -0.456 e. The first-order valence-corrected chi connectivity index (χ1v) is 20.3. The largest absolute Gasteiger partial charge is 0.456 e. The van der Waals surface area contributed by atoms with E-state index < -0.39 is 0 Å². The molecule has 0 fully saturated rings. The Kier molecular flexibility index (Phi) is 5.85. The summed E-state index contributed by atoms with van der Waals surface area (Å²) in [6.45, 7) is 0. The zero-order valence-corrected chi connectivity index (χ0v) is 31.5. The zero-order valence-electron chi connectivity index (χ0n) is 30.7. The fourth-order valence-corrected chi connectivity index (χ4v) is 10.8. The number of benzene rings is 9. The predicted octanol–water partition coefficient (Wildman–Crippen LogP) is 14.8. The molecular formula is C52H27N3O2S. The molecule has 0 radical (unpaired) electrons. The molecule has 14 rings (SSSR count). The van der Waals surface area contributed by atoms with E-state index in [1.165, 1.54) is 30.9 Å². The molecule has 5 nitrogen and oxygen atoms in total. The quantitative estimate of drug-likeness (QED) is 0.180. The lowest BCUT2D eigenvalue weighted by Crippen LogP contribution is -1.99. The van der Waals surface area contributed by atoms with E-state index in [0.717, 1.165) is 93.5 Å². The summed E-state index contributed by atoms with van der Waals surface area (Å²) in [6, 6.07) is 58.2. The molecule has 0 aliphatic heterocycles. The van der Waals surface area contributed by atoms with Gasteiger partial charge in [0.25, 0.3) is 0 Å². The Morgan fingerprint density at radius 1 is 0.448 bits per heavy atom. The van der Waals surface area contributed by atoms with Crippen LogP contribution in [-0.4, -0.2) is 14.5 Å². The average Bonchev–Trinajstić information content (AvgIpc) is 3.92. The maximum Gasteiger partial charge on any atom is 0.180 e. The van der Waals surface area contributed by atoms with Crippen molar-refractivity contribution in [3.05, 3.63) is 164 Å². The van der Waals surface area contributed by atoms with Crippen molar-refractivity contribution in [2.75, 3.05) is 0 Å². The van der Waals surface area contributed by atoms with Crippen LogP contribution in [0, 0.1) is 0 Å². The molecule has 0 saturated heterocycles. The van der Waals surface area contributed by atoms with Crippen molar-refractivity contribution in [1.82, 2.24) is 14.5 Å². The van der Waals surface area contributed by atoms with Gasteiger partial charge in [-0.3, -0.25) is 0 Å². The molecule has 0 spiro atoms. The third kappa shape index (κ3) is 3.99. The minimum absolute atomic E-state index is 0.660. The Labute approximate surface area is 332 Å². The van der Waals surface area contributed by atoms with Gasteiger partial charge in [-0.25, -0.2) is 9.97 Å². The third-order valence-corrected chi connectivity index (χ3v) is 13.3. The molecule has 0 unspecified atom stereocenters. The topological polar surface area (TPSA) is 57.0 Å². The Morgan fingerprint density at radius 2 is 1.10 bits per heavy atom. The average molecular weight is 758 g/mol. The van der Waals surface area contributed by atoms with Gasteiger partial charge in [0.15, 0.2) is 11.4 Å². The number of hydrogen-bond acceptors (Lipinski definition) is 5. The van der Waals surface area contributed by atoms with Crippen molar-refractivity contribution in [3.63, 3.8) is 0 Å². The molecule has 6 heteroatoms. The van der Waals surface area contributed by atoms with Gasteiger partial charge in [0, 0.05) is 63.6 Å². The Hall–Kier alpha value is -7.54. The molecule has 0 atom stereocenters. The maximum absolute atomic E-state index is 6.69. The van der Waals surface area contributed by atoms with Crippen LogP contribution in [0.25, 0.3) is 136 Å². The smallest absolute Gasteiger partial charge is 0.180 e. The normalized spacial score (nSPS) is 12.5. The predicted molar refractivity (Wildman–Crippen MR) is 241 cm³/mol. The summed E-state index contributed by atoms with van der Waals surface area (Å²) in [5.41, 5.74) is 10.2. The second-order valence-corrected chi connectivity index (χ2v) is 16.3. The number of fused-ring (bicyclic) bond motifs is 7. The van der Waals surface area contributed by atoms with E-state index in [9.17, 15) is 0 Å². The lowest BCUT2D eigenvalue weighted by molar-refractivity contribution is 0.664. The molecule has 268 valence electrons. The van der Waals surface area contributed by atoms with Gasteiger partial charge in [0.2, 0.25) is 0 Å². The second-order valence-electron chi connectivity index (χ2n) is 15.2. The van der Waals surface area contributed by atoms with E-state index in [0.29, 0.717) is 11.4 Å². The first-order chi connectivity index (χ1) is 28.7. The van der Waals surface area contributed by atoms with E-state index in [1.54, 1.807) is 11.3 Å². The van der Waals surface area contributed by atoms with Gasteiger partial charge in [-0.15, -0.1) is 11.3 Å². The summed E-state index contributed by atoms with van der Waals surface area (Å²) in [5.74, 6) is 0.660. The maximum atomic E-state index is 6.69. The van der Waals surface area contributed by atoms with Crippen molar-refractivity contribution < 1.29 is 8.83 Å². The van der Waals surface area contributed by atoms with Gasteiger partial charge in [-0.1, -0.05) is 103 Å². The summed E-state index contributed by atoms with van der Waals surface area (Å²) in [6.07, 6.45) is 0. The second kappa shape index (κ2) is 11.1.